The van der Waals surface area contributed by atoms with Crippen molar-refractivity contribution in [3.8, 4) is 0 Å². The fourth-order valence-corrected chi connectivity index (χ4v) is 1.82. The van der Waals surface area contributed by atoms with Gasteiger partial charge in [0.2, 0.25) is 0 Å². The summed E-state index contributed by atoms with van der Waals surface area (Å²) in [6.45, 7) is 5.87. The van der Waals surface area contributed by atoms with Crippen LogP contribution in [0.1, 0.15) is 28.7 Å². The van der Waals surface area contributed by atoms with Crippen LogP contribution in [0.2, 0.25) is 0 Å². The molecule has 5 heteroatoms. The lowest BCUT2D eigenvalue weighted by Crippen LogP contribution is -2.06. The number of ether oxygens (including phenoxy) is 1. The number of fused-ring (bicyclic) bond motifs is 1. The molecule has 0 aliphatic heterocycles. The highest BCUT2D eigenvalue weighted by atomic mass is 16.5. The standard InChI is InChI=1S/C12H15N3O2/c1-4-17-12(16)10-8(3)15-6-7(2)5-9(13)11(15)14-10/h5-6H,4,13H2,1-3H3. The normalized spacial score (nSPS) is 10.8. The number of hydrogen-bond donors (Lipinski definition) is 1. The van der Waals surface area contributed by atoms with E-state index in [1.54, 1.807) is 6.92 Å². The lowest BCUT2D eigenvalue weighted by Gasteiger charge is -2.01. The number of carbonyl (C=O) groups excluding carboxylic acids is 1. The Labute approximate surface area is 99.2 Å². The minimum atomic E-state index is -0.411. The number of nitrogen functional groups attached to an aromatic ring is 1. The molecule has 0 amide bonds. The third kappa shape index (κ3) is 1.84. The van der Waals surface area contributed by atoms with Crippen LogP contribution in [0, 0.1) is 13.8 Å². The van der Waals surface area contributed by atoms with Crippen LogP contribution in [0.15, 0.2) is 12.3 Å². The first kappa shape index (κ1) is 11.4. The number of pyridine rings is 1. The zero-order valence-electron chi connectivity index (χ0n) is 10.2. The maximum Gasteiger partial charge on any atom is 0.358 e. The number of aromatic nitrogens is 2. The average molecular weight is 233 g/mol. The molecule has 90 valence electrons. The minimum absolute atomic E-state index is 0.323. The van der Waals surface area contributed by atoms with Gasteiger partial charge in [-0.15, -0.1) is 0 Å². The van der Waals surface area contributed by atoms with E-state index in [0.717, 1.165) is 11.3 Å². The van der Waals surface area contributed by atoms with Gasteiger partial charge in [-0.2, -0.15) is 0 Å². The number of rotatable bonds is 2. The number of imidazole rings is 1. The molecule has 5 nitrogen and oxygen atoms in total. The molecule has 0 spiro atoms. The van der Waals surface area contributed by atoms with E-state index in [1.165, 1.54) is 0 Å². The largest absolute Gasteiger partial charge is 0.461 e. The van der Waals surface area contributed by atoms with Gasteiger partial charge in [0, 0.05) is 6.20 Å². The molecule has 2 rings (SSSR count). The molecule has 0 radical (unpaired) electrons. The molecule has 0 aromatic carbocycles. The Morgan fingerprint density at radius 1 is 1.53 bits per heavy atom. The third-order valence-corrected chi connectivity index (χ3v) is 2.59. The van der Waals surface area contributed by atoms with Crippen molar-refractivity contribution in [2.75, 3.05) is 12.3 Å². The highest BCUT2D eigenvalue weighted by Gasteiger charge is 2.18. The second-order valence-electron chi connectivity index (χ2n) is 3.93. The molecule has 0 bridgehead atoms. The van der Waals surface area contributed by atoms with Gasteiger partial charge in [0.15, 0.2) is 11.3 Å². The van der Waals surface area contributed by atoms with Gasteiger partial charge in [0.05, 0.1) is 18.0 Å². The van der Waals surface area contributed by atoms with Crippen LogP contribution in [0.5, 0.6) is 0 Å². The van der Waals surface area contributed by atoms with Crippen molar-refractivity contribution in [3.63, 3.8) is 0 Å². The summed E-state index contributed by atoms with van der Waals surface area (Å²) in [7, 11) is 0. The molecule has 2 aromatic rings. The molecule has 2 N–H and O–H groups in total. The maximum absolute atomic E-state index is 11.7. The Kier molecular flexibility index (Phi) is 2.75. The second-order valence-corrected chi connectivity index (χ2v) is 3.93. The number of nitrogens with two attached hydrogens (primary N) is 1. The summed E-state index contributed by atoms with van der Waals surface area (Å²) in [4.78, 5) is 15.9. The topological polar surface area (TPSA) is 69.6 Å². The molecular formula is C12H15N3O2. The van der Waals surface area contributed by atoms with E-state index < -0.39 is 5.97 Å². The summed E-state index contributed by atoms with van der Waals surface area (Å²) in [5, 5.41) is 0. The smallest absolute Gasteiger partial charge is 0.358 e. The van der Waals surface area contributed by atoms with E-state index in [2.05, 4.69) is 4.98 Å². The summed E-state index contributed by atoms with van der Waals surface area (Å²) >= 11 is 0. The van der Waals surface area contributed by atoms with Crippen molar-refractivity contribution in [1.82, 2.24) is 9.38 Å². The third-order valence-electron chi connectivity index (χ3n) is 2.59. The Morgan fingerprint density at radius 3 is 2.88 bits per heavy atom. The van der Waals surface area contributed by atoms with Crippen molar-refractivity contribution in [1.29, 1.82) is 0 Å². The summed E-state index contributed by atoms with van der Waals surface area (Å²) in [6.07, 6.45) is 1.90. The predicted molar refractivity (Wildman–Crippen MR) is 65.0 cm³/mol. The van der Waals surface area contributed by atoms with Gasteiger partial charge in [-0.05, 0) is 32.4 Å². The average Bonchev–Trinajstić information content (AvgIpc) is 2.57. The number of aryl methyl sites for hydroxylation is 2. The lowest BCUT2D eigenvalue weighted by atomic mass is 10.3. The molecule has 0 unspecified atom stereocenters. The number of esters is 1. The summed E-state index contributed by atoms with van der Waals surface area (Å²) < 4.78 is 6.77. The molecule has 2 aromatic heterocycles. The van der Waals surface area contributed by atoms with Crippen molar-refractivity contribution in [2.24, 2.45) is 0 Å². The SMILES string of the molecule is CCOC(=O)c1nc2c(N)cc(C)cn2c1C. The van der Waals surface area contributed by atoms with Crippen LogP contribution >= 0.6 is 0 Å². The molecule has 2 heterocycles. The van der Waals surface area contributed by atoms with Crippen LogP contribution in [0.4, 0.5) is 5.69 Å². The maximum atomic E-state index is 11.7. The molecule has 0 aliphatic rings. The van der Waals surface area contributed by atoms with Gasteiger partial charge >= 0.3 is 5.97 Å². The van der Waals surface area contributed by atoms with Gasteiger partial charge < -0.3 is 14.9 Å². The number of hydrogen-bond acceptors (Lipinski definition) is 4. The van der Waals surface area contributed by atoms with E-state index in [4.69, 9.17) is 10.5 Å². The Morgan fingerprint density at radius 2 is 2.24 bits per heavy atom. The summed E-state index contributed by atoms with van der Waals surface area (Å²) in [6, 6.07) is 1.83. The highest BCUT2D eigenvalue weighted by molar-refractivity contribution is 5.90. The molecule has 0 atom stereocenters. The second kappa shape index (κ2) is 4.08. The molecule has 0 aliphatic carbocycles. The van der Waals surface area contributed by atoms with Crippen LogP contribution in [-0.4, -0.2) is 22.0 Å². The van der Waals surface area contributed by atoms with Crippen LogP contribution < -0.4 is 5.73 Å². The Balaban J connectivity index is 2.64. The van der Waals surface area contributed by atoms with Gasteiger partial charge in [-0.25, -0.2) is 9.78 Å². The van der Waals surface area contributed by atoms with Gasteiger partial charge in [0.1, 0.15) is 0 Å². The fraction of sp³-hybridized carbons (Fsp3) is 0.333. The molecule has 17 heavy (non-hydrogen) atoms. The minimum Gasteiger partial charge on any atom is -0.461 e. The molecular weight excluding hydrogens is 218 g/mol. The highest BCUT2D eigenvalue weighted by Crippen LogP contribution is 2.19. The predicted octanol–water partition coefficient (Wildman–Crippen LogP) is 1.71. The van der Waals surface area contributed by atoms with E-state index in [0.29, 0.717) is 23.6 Å². The zero-order chi connectivity index (χ0) is 12.6. The van der Waals surface area contributed by atoms with Crippen molar-refractivity contribution in [2.45, 2.75) is 20.8 Å². The van der Waals surface area contributed by atoms with E-state index in [9.17, 15) is 4.79 Å². The summed E-state index contributed by atoms with van der Waals surface area (Å²) in [5.74, 6) is -0.411. The van der Waals surface area contributed by atoms with Gasteiger partial charge in [0.25, 0.3) is 0 Å². The summed E-state index contributed by atoms with van der Waals surface area (Å²) in [5.41, 5.74) is 9.12. The Hall–Kier alpha value is -2.04. The van der Waals surface area contributed by atoms with E-state index >= 15 is 0 Å². The zero-order valence-corrected chi connectivity index (χ0v) is 10.2. The van der Waals surface area contributed by atoms with Gasteiger partial charge in [-0.3, -0.25) is 0 Å². The lowest BCUT2D eigenvalue weighted by molar-refractivity contribution is 0.0519. The van der Waals surface area contributed by atoms with E-state index in [-0.39, 0.29) is 0 Å². The quantitative estimate of drug-likeness (QED) is 0.802. The first-order valence-corrected chi connectivity index (χ1v) is 5.46. The molecule has 0 saturated heterocycles. The van der Waals surface area contributed by atoms with Crippen molar-refractivity contribution in [3.05, 3.63) is 29.2 Å². The van der Waals surface area contributed by atoms with Gasteiger partial charge in [-0.1, -0.05) is 0 Å². The fourth-order valence-electron chi connectivity index (χ4n) is 1.82. The van der Waals surface area contributed by atoms with Crippen LogP contribution in [0.3, 0.4) is 0 Å². The monoisotopic (exact) mass is 233 g/mol. The van der Waals surface area contributed by atoms with Crippen LogP contribution in [0.25, 0.3) is 5.65 Å². The first-order chi connectivity index (χ1) is 8.04. The molecule has 0 fully saturated rings. The number of anilines is 1. The van der Waals surface area contributed by atoms with E-state index in [1.807, 2.05) is 30.5 Å². The van der Waals surface area contributed by atoms with Crippen molar-refractivity contribution < 1.29 is 9.53 Å². The molecule has 0 saturated carbocycles. The number of nitrogens with zero attached hydrogens (tertiary/aromatic N) is 2. The number of carbonyl (C=O) groups is 1. The Bertz CT molecular complexity index is 587. The first-order valence-electron chi connectivity index (χ1n) is 5.46. The van der Waals surface area contributed by atoms with Crippen LogP contribution in [-0.2, 0) is 4.74 Å². The van der Waals surface area contributed by atoms with Crippen molar-refractivity contribution >= 4 is 17.3 Å².